The molecule has 114 valence electrons. The van der Waals surface area contributed by atoms with Gasteiger partial charge in [-0.25, -0.2) is 4.39 Å². The predicted molar refractivity (Wildman–Crippen MR) is 84.3 cm³/mol. The number of primary amides is 1. The van der Waals surface area contributed by atoms with E-state index >= 15 is 0 Å². The topological polar surface area (TPSA) is 75.3 Å². The van der Waals surface area contributed by atoms with E-state index in [9.17, 15) is 14.3 Å². The number of benzene rings is 2. The SMILES string of the molecule is CNC(O)/C(=C/c1ccc(C(N)=O)cc1)c1ccc(F)cc1. The third-order valence-corrected chi connectivity index (χ3v) is 3.26. The molecule has 0 radical (unpaired) electrons. The molecular weight excluding hydrogens is 283 g/mol. The molecule has 4 nitrogen and oxygen atoms in total. The van der Waals surface area contributed by atoms with Crippen LogP contribution >= 0.6 is 0 Å². The zero-order valence-corrected chi connectivity index (χ0v) is 12.1. The van der Waals surface area contributed by atoms with Gasteiger partial charge in [0.15, 0.2) is 0 Å². The number of aliphatic hydroxyl groups excluding tert-OH is 1. The summed E-state index contributed by atoms with van der Waals surface area (Å²) >= 11 is 0. The van der Waals surface area contributed by atoms with Gasteiger partial charge in [-0.3, -0.25) is 10.1 Å². The van der Waals surface area contributed by atoms with Gasteiger partial charge in [0, 0.05) is 11.1 Å². The van der Waals surface area contributed by atoms with Crippen molar-refractivity contribution in [3.05, 3.63) is 71.0 Å². The van der Waals surface area contributed by atoms with Crippen molar-refractivity contribution in [1.29, 1.82) is 0 Å². The second-order valence-corrected chi connectivity index (χ2v) is 4.78. The van der Waals surface area contributed by atoms with Crippen LogP contribution < -0.4 is 11.1 Å². The Labute approximate surface area is 128 Å². The van der Waals surface area contributed by atoms with E-state index in [0.717, 1.165) is 5.56 Å². The van der Waals surface area contributed by atoms with Gasteiger partial charge in [0.2, 0.25) is 5.91 Å². The van der Waals surface area contributed by atoms with Crippen LogP contribution in [-0.2, 0) is 0 Å². The van der Waals surface area contributed by atoms with Crippen LogP contribution in [0.15, 0.2) is 48.5 Å². The van der Waals surface area contributed by atoms with E-state index in [-0.39, 0.29) is 5.82 Å². The Morgan fingerprint density at radius 3 is 2.18 bits per heavy atom. The van der Waals surface area contributed by atoms with Crippen LogP contribution in [0.3, 0.4) is 0 Å². The first kappa shape index (κ1) is 15.9. The van der Waals surface area contributed by atoms with E-state index in [4.69, 9.17) is 5.73 Å². The van der Waals surface area contributed by atoms with E-state index in [1.807, 2.05) is 0 Å². The average molecular weight is 300 g/mol. The molecule has 4 N–H and O–H groups in total. The predicted octanol–water partition coefficient (Wildman–Crippen LogP) is 2.00. The molecule has 2 rings (SSSR count). The number of hydrogen-bond acceptors (Lipinski definition) is 3. The van der Waals surface area contributed by atoms with Crippen LogP contribution in [0.1, 0.15) is 21.5 Å². The molecule has 2 aromatic rings. The van der Waals surface area contributed by atoms with Crippen LogP contribution in [0.2, 0.25) is 0 Å². The minimum absolute atomic E-state index is 0.340. The molecule has 0 saturated heterocycles. The summed E-state index contributed by atoms with van der Waals surface area (Å²) in [6.45, 7) is 0. The highest BCUT2D eigenvalue weighted by atomic mass is 19.1. The quantitative estimate of drug-likeness (QED) is 0.584. The number of nitrogens with two attached hydrogens (primary N) is 1. The zero-order chi connectivity index (χ0) is 16.1. The standard InChI is InChI=1S/C17H17FN2O2/c1-20-17(22)15(12-6-8-14(18)9-7-12)10-11-2-4-13(5-3-11)16(19)21/h2-10,17,20,22H,1H3,(H2,19,21)/b15-10+. The lowest BCUT2D eigenvalue weighted by Crippen LogP contribution is -2.25. The van der Waals surface area contributed by atoms with Gasteiger partial charge in [-0.1, -0.05) is 24.3 Å². The van der Waals surface area contributed by atoms with Crippen molar-refractivity contribution in [1.82, 2.24) is 5.32 Å². The lowest BCUT2D eigenvalue weighted by molar-refractivity contribution is 0.100. The molecule has 0 fully saturated rings. The number of hydrogen-bond donors (Lipinski definition) is 3. The maximum atomic E-state index is 13.0. The molecule has 0 bridgehead atoms. The molecule has 22 heavy (non-hydrogen) atoms. The van der Waals surface area contributed by atoms with Crippen LogP contribution in [0.4, 0.5) is 4.39 Å². The van der Waals surface area contributed by atoms with E-state index in [1.165, 1.54) is 12.1 Å². The van der Waals surface area contributed by atoms with Gasteiger partial charge in [0.1, 0.15) is 12.0 Å². The van der Waals surface area contributed by atoms with Gasteiger partial charge in [0.25, 0.3) is 0 Å². The summed E-state index contributed by atoms with van der Waals surface area (Å²) in [4.78, 5) is 11.1. The van der Waals surface area contributed by atoms with Crippen molar-refractivity contribution in [2.45, 2.75) is 6.23 Å². The molecule has 0 aliphatic rings. The lowest BCUT2D eigenvalue weighted by atomic mass is 10.0. The van der Waals surface area contributed by atoms with Crippen molar-refractivity contribution < 1.29 is 14.3 Å². The van der Waals surface area contributed by atoms with Gasteiger partial charge in [0.05, 0.1) is 0 Å². The Hall–Kier alpha value is -2.50. The number of carbonyl (C=O) groups excluding carboxylic acids is 1. The monoisotopic (exact) mass is 300 g/mol. The van der Waals surface area contributed by atoms with Crippen LogP contribution in [0.5, 0.6) is 0 Å². The number of nitrogens with one attached hydrogen (secondary N) is 1. The largest absolute Gasteiger partial charge is 0.374 e. The minimum atomic E-state index is -0.902. The summed E-state index contributed by atoms with van der Waals surface area (Å²) in [5.74, 6) is -0.836. The molecule has 5 heteroatoms. The highest BCUT2D eigenvalue weighted by molar-refractivity contribution is 5.93. The molecule has 0 aliphatic carbocycles. The maximum absolute atomic E-state index is 13.0. The fourth-order valence-electron chi connectivity index (χ4n) is 2.04. The molecule has 0 heterocycles. The Morgan fingerprint density at radius 1 is 1.14 bits per heavy atom. The first-order valence-corrected chi connectivity index (χ1v) is 6.74. The highest BCUT2D eigenvalue weighted by Gasteiger charge is 2.11. The minimum Gasteiger partial charge on any atom is -0.374 e. The van der Waals surface area contributed by atoms with Crippen molar-refractivity contribution in [2.24, 2.45) is 5.73 Å². The number of aliphatic hydroxyl groups is 1. The number of amides is 1. The number of likely N-dealkylation sites (N-methyl/N-ethyl adjacent to an activating group) is 1. The summed E-state index contributed by atoms with van der Waals surface area (Å²) < 4.78 is 13.0. The maximum Gasteiger partial charge on any atom is 0.248 e. The Bertz CT molecular complexity index is 679. The third kappa shape index (κ3) is 3.78. The lowest BCUT2D eigenvalue weighted by Gasteiger charge is -2.15. The fourth-order valence-corrected chi connectivity index (χ4v) is 2.04. The summed E-state index contributed by atoms with van der Waals surface area (Å²) in [6.07, 6.45) is 0.861. The van der Waals surface area contributed by atoms with Crippen molar-refractivity contribution >= 4 is 17.6 Å². The van der Waals surface area contributed by atoms with Crippen LogP contribution in [0.25, 0.3) is 11.6 Å². The summed E-state index contributed by atoms with van der Waals surface area (Å²) in [5.41, 5.74) is 7.69. The molecular formula is C17H17FN2O2. The van der Waals surface area contributed by atoms with E-state index in [2.05, 4.69) is 5.32 Å². The zero-order valence-electron chi connectivity index (χ0n) is 12.1. The molecule has 1 atom stereocenters. The molecule has 2 aromatic carbocycles. The van der Waals surface area contributed by atoms with Crippen molar-refractivity contribution in [3.63, 3.8) is 0 Å². The Balaban J connectivity index is 2.40. The van der Waals surface area contributed by atoms with E-state index < -0.39 is 12.1 Å². The smallest absolute Gasteiger partial charge is 0.248 e. The summed E-state index contributed by atoms with van der Waals surface area (Å²) in [5, 5.41) is 12.8. The number of carbonyl (C=O) groups is 1. The molecule has 1 unspecified atom stereocenters. The Kier molecular flexibility index (Phi) is 5.04. The number of halogens is 1. The Morgan fingerprint density at radius 2 is 1.68 bits per heavy atom. The van der Waals surface area contributed by atoms with Gasteiger partial charge >= 0.3 is 0 Å². The molecule has 0 spiro atoms. The molecule has 0 aliphatic heterocycles. The van der Waals surface area contributed by atoms with Gasteiger partial charge in [-0.15, -0.1) is 0 Å². The summed E-state index contributed by atoms with van der Waals surface area (Å²) in [6, 6.07) is 12.5. The van der Waals surface area contributed by atoms with Crippen molar-refractivity contribution in [3.8, 4) is 0 Å². The highest BCUT2D eigenvalue weighted by Crippen LogP contribution is 2.21. The van der Waals surface area contributed by atoms with E-state index in [0.29, 0.717) is 16.7 Å². The van der Waals surface area contributed by atoms with Crippen LogP contribution in [0, 0.1) is 5.82 Å². The fraction of sp³-hybridized carbons (Fsp3) is 0.118. The number of rotatable bonds is 5. The van der Waals surface area contributed by atoms with E-state index in [1.54, 1.807) is 49.5 Å². The summed E-state index contributed by atoms with van der Waals surface area (Å²) in [7, 11) is 1.62. The second-order valence-electron chi connectivity index (χ2n) is 4.78. The molecule has 0 saturated carbocycles. The first-order valence-electron chi connectivity index (χ1n) is 6.74. The third-order valence-electron chi connectivity index (χ3n) is 3.26. The second kappa shape index (κ2) is 6.98. The van der Waals surface area contributed by atoms with Crippen LogP contribution in [-0.4, -0.2) is 24.3 Å². The van der Waals surface area contributed by atoms with Crippen molar-refractivity contribution in [2.75, 3.05) is 7.05 Å². The van der Waals surface area contributed by atoms with Gasteiger partial charge in [-0.05, 0) is 48.5 Å². The first-order chi connectivity index (χ1) is 10.5. The molecule has 1 amide bonds. The molecule has 0 aromatic heterocycles. The normalized spacial score (nSPS) is 13.0. The van der Waals surface area contributed by atoms with Gasteiger partial charge in [-0.2, -0.15) is 0 Å². The average Bonchev–Trinajstić information content (AvgIpc) is 2.53. The van der Waals surface area contributed by atoms with Gasteiger partial charge < -0.3 is 10.8 Å².